The van der Waals surface area contributed by atoms with Crippen molar-refractivity contribution >= 4 is 5.91 Å². The van der Waals surface area contributed by atoms with Gasteiger partial charge >= 0.3 is 0 Å². The Hall–Kier alpha value is -1.58. The number of carbonyl (C=O) groups excluding carboxylic acids is 1. The van der Waals surface area contributed by atoms with Gasteiger partial charge in [0.1, 0.15) is 5.56 Å². The quantitative estimate of drug-likeness (QED) is 0.749. The van der Waals surface area contributed by atoms with E-state index in [-0.39, 0.29) is 5.91 Å². The SMILES string of the molecule is CCOc1ncccc1C(=O)N1CCC1. The van der Waals surface area contributed by atoms with Crippen LogP contribution in [-0.2, 0) is 0 Å². The first-order chi connectivity index (χ1) is 7.33. The van der Waals surface area contributed by atoms with Gasteiger partial charge in [0.2, 0.25) is 5.88 Å². The van der Waals surface area contributed by atoms with E-state index in [4.69, 9.17) is 4.74 Å². The molecule has 4 heteroatoms. The molecule has 1 amide bonds. The van der Waals surface area contributed by atoms with Crippen LogP contribution < -0.4 is 4.74 Å². The third kappa shape index (κ3) is 1.93. The topological polar surface area (TPSA) is 42.4 Å². The summed E-state index contributed by atoms with van der Waals surface area (Å²) in [6.07, 6.45) is 2.73. The van der Waals surface area contributed by atoms with Crippen molar-refractivity contribution in [1.82, 2.24) is 9.88 Å². The van der Waals surface area contributed by atoms with Crippen LogP contribution in [0, 0.1) is 0 Å². The summed E-state index contributed by atoms with van der Waals surface area (Å²) in [5.41, 5.74) is 0.569. The van der Waals surface area contributed by atoms with E-state index in [1.54, 1.807) is 23.2 Å². The van der Waals surface area contributed by atoms with Crippen LogP contribution in [0.1, 0.15) is 23.7 Å². The van der Waals surface area contributed by atoms with Crippen LogP contribution in [0.4, 0.5) is 0 Å². The molecule has 0 radical (unpaired) electrons. The minimum atomic E-state index is 0.0257. The van der Waals surface area contributed by atoms with Gasteiger partial charge in [-0.3, -0.25) is 4.79 Å². The Morgan fingerprint density at radius 2 is 2.40 bits per heavy atom. The van der Waals surface area contributed by atoms with Crippen LogP contribution in [0.5, 0.6) is 5.88 Å². The second-order valence-electron chi connectivity index (χ2n) is 3.43. The van der Waals surface area contributed by atoms with E-state index < -0.39 is 0 Å². The molecule has 0 N–H and O–H groups in total. The molecule has 0 aliphatic carbocycles. The first-order valence-corrected chi connectivity index (χ1v) is 5.20. The number of likely N-dealkylation sites (tertiary alicyclic amines) is 1. The summed E-state index contributed by atoms with van der Waals surface area (Å²) in [7, 11) is 0. The van der Waals surface area contributed by atoms with E-state index >= 15 is 0 Å². The minimum Gasteiger partial charge on any atom is -0.477 e. The van der Waals surface area contributed by atoms with Crippen molar-refractivity contribution < 1.29 is 9.53 Å². The van der Waals surface area contributed by atoms with Crippen molar-refractivity contribution in [2.75, 3.05) is 19.7 Å². The Labute approximate surface area is 88.9 Å². The molecule has 2 heterocycles. The Balaban J connectivity index is 2.21. The maximum absolute atomic E-state index is 11.9. The number of pyridine rings is 1. The van der Waals surface area contributed by atoms with Gasteiger partial charge in [0.15, 0.2) is 0 Å². The maximum Gasteiger partial charge on any atom is 0.259 e. The molecule has 0 aromatic carbocycles. The molecule has 1 aromatic rings. The van der Waals surface area contributed by atoms with E-state index in [1.807, 2.05) is 6.92 Å². The predicted molar refractivity (Wildman–Crippen MR) is 55.9 cm³/mol. The van der Waals surface area contributed by atoms with Crippen LogP contribution in [-0.4, -0.2) is 35.5 Å². The lowest BCUT2D eigenvalue weighted by Gasteiger charge is -2.31. The molecular weight excluding hydrogens is 192 g/mol. The van der Waals surface area contributed by atoms with E-state index in [9.17, 15) is 4.79 Å². The maximum atomic E-state index is 11.9. The Kier molecular flexibility index (Phi) is 2.85. The van der Waals surface area contributed by atoms with Crippen molar-refractivity contribution in [3.63, 3.8) is 0 Å². The molecule has 0 atom stereocenters. The molecule has 80 valence electrons. The fourth-order valence-corrected chi connectivity index (χ4v) is 1.49. The van der Waals surface area contributed by atoms with Crippen molar-refractivity contribution in [2.24, 2.45) is 0 Å². The Morgan fingerprint density at radius 1 is 1.60 bits per heavy atom. The van der Waals surface area contributed by atoms with Crippen LogP contribution in [0.3, 0.4) is 0 Å². The highest BCUT2D eigenvalue weighted by molar-refractivity contribution is 5.96. The predicted octanol–water partition coefficient (Wildman–Crippen LogP) is 1.33. The zero-order chi connectivity index (χ0) is 10.7. The minimum absolute atomic E-state index is 0.0257. The Morgan fingerprint density at radius 3 is 3.00 bits per heavy atom. The second-order valence-corrected chi connectivity index (χ2v) is 3.43. The van der Waals surface area contributed by atoms with Crippen LogP contribution in [0.25, 0.3) is 0 Å². The van der Waals surface area contributed by atoms with Gasteiger partial charge in [0.05, 0.1) is 6.61 Å². The third-order valence-corrected chi connectivity index (χ3v) is 2.43. The molecule has 0 bridgehead atoms. The Bertz CT molecular complexity index is 361. The highest BCUT2D eigenvalue weighted by Gasteiger charge is 2.24. The first-order valence-electron chi connectivity index (χ1n) is 5.20. The number of nitrogens with zero attached hydrogens (tertiary/aromatic N) is 2. The molecule has 1 aliphatic heterocycles. The van der Waals surface area contributed by atoms with E-state index in [0.29, 0.717) is 18.1 Å². The second kappa shape index (κ2) is 4.29. The fourth-order valence-electron chi connectivity index (χ4n) is 1.49. The molecule has 4 nitrogen and oxygen atoms in total. The zero-order valence-electron chi connectivity index (χ0n) is 8.77. The fraction of sp³-hybridized carbons (Fsp3) is 0.455. The third-order valence-electron chi connectivity index (χ3n) is 2.43. The van der Waals surface area contributed by atoms with E-state index in [2.05, 4.69) is 4.98 Å². The highest BCUT2D eigenvalue weighted by atomic mass is 16.5. The van der Waals surface area contributed by atoms with Gasteiger partial charge in [-0.25, -0.2) is 4.98 Å². The van der Waals surface area contributed by atoms with Crippen LogP contribution in [0.15, 0.2) is 18.3 Å². The molecule has 15 heavy (non-hydrogen) atoms. The number of aromatic nitrogens is 1. The number of ether oxygens (including phenoxy) is 1. The molecule has 0 saturated carbocycles. The van der Waals surface area contributed by atoms with Gasteiger partial charge in [-0.1, -0.05) is 0 Å². The average Bonchev–Trinajstić information content (AvgIpc) is 2.16. The largest absolute Gasteiger partial charge is 0.477 e. The number of rotatable bonds is 3. The van der Waals surface area contributed by atoms with Crippen LogP contribution >= 0.6 is 0 Å². The van der Waals surface area contributed by atoms with Crippen molar-refractivity contribution in [2.45, 2.75) is 13.3 Å². The smallest absolute Gasteiger partial charge is 0.259 e. The summed E-state index contributed by atoms with van der Waals surface area (Å²) < 4.78 is 5.32. The van der Waals surface area contributed by atoms with Gasteiger partial charge < -0.3 is 9.64 Å². The molecule has 1 fully saturated rings. The summed E-state index contributed by atoms with van der Waals surface area (Å²) in [6, 6.07) is 3.52. The standard InChI is InChI=1S/C11H14N2O2/c1-2-15-10-9(5-3-6-12-10)11(14)13-7-4-8-13/h3,5-6H,2,4,7-8H2,1H3. The zero-order valence-corrected chi connectivity index (χ0v) is 8.77. The first kappa shape index (κ1) is 9.96. The molecule has 1 aromatic heterocycles. The van der Waals surface area contributed by atoms with Crippen LogP contribution in [0.2, 0.25) is 0 Å². The summed E-state index contributed by atoms with van der Waals surface area (Å²) >= 11 is 0. The monoisotopic (exact) mass is 206 g/mol. The summed E-state index contributed by atoms with van der Waals surface area (Å²) in [5.74, 6) is 0.467. The lowest BCUT2D eigenvalue weighted by molar-refractivity contribution is 0.0646. The molecular formula is C11H14N2O2. The summed E-state index contributed by atoms with van der Waals surface area (Å²) in [4.78, 5) is 17.8. The van der Waals surface area contributed by atoms with Crippen molar-refractivity contribution in [3.8, 4) is 5.88 Å². The number of hydrogen-bond acceptors (Lipinski definition) is 3. The average molecular weight is 206 g/mol. The summed E-state index contributed by atoms with van der Waals surface area (Å²) in [6.45, 7) is 4.10. The van der Waals surface area contributed by atoms with Crippen molar-refractivity contribution in [1.29, 1.82) is 0 Å². The van der Waals surface area contributed by atoms with Crippen molar-refractivity contribution in [3.05, 3.63) is 23.9 Å². The number of hydrogen-bond donors (Lipinski definition) is 0. The highest BCUT2D eigenvalue weighted by Crippen LogP contribution is 2.19. The van der Waals surface area contributed by atoms with Gasteiger partial charge in [-0.15, -0.1) is 0 Å². The van der Waals surface area contributed by atoms with Gasteiger partial charge in [-0.05, 0) is 25.5 Å². The van der Waals surface area contributed by atoms with Gasteiger partial charge in [0, 0.05) is 19.3 Å². The molecule has 0 spiro atoms. The van der Waals surface area contributed by atoms with E-state index in [1.165, 1.54) is 0 Å². The molecule has 1 saturated heterocycles. The normalized spacial score (nSPS) is 14.6. The van der Waals surface area contributed by atoms with E-state index in [0.717, 1.165) is 19.5 Å². The van der Waals surface area contributed by atoms with Gasteiger partial charge in [-0.2, -0.15) is 0 Å². The van der Waals surface area contributed by atoms with Gasteiger partial charge in [0.25, 0.3) is 5.91 Å². The molecule has 0 unspecified atom stereocenters. The lowest BCUT2D eigenvalue weighted by Crippen LogP contribution is -2.42. The summed E-state index contributed by atoms with van der Waals surface area (Å²) in [5, 5.41) is 0. The lowest BCUT2D eigenvalue weighted by atomic mass is 10.1. The number of amides is 1. The molecule has 1 aliphatic rings. The molecule has 2 rings (SSSR count). The number of carbonyl (C=O) groups is 1.